The standard InChI is InChI=1S/C19H15N7/c1-25(2)18-15(5-13(8-20)9-21)7-16(6-14(10-22)11-23)19(26(3)4)17(18)12-24/h5-7H,1-4H3. The second-order valence-corrected chi connectivity index (χ2v) is 5.59. The summed E-state index contributed by atoms with van der Waals surface area (Å²) in [5.74, 6) is 0. The van der Waals surface area contributed by atoms with Crippen LogP contribution in [0.1, 0.15) is 16.7 Å². The Hall–Kier alpha value is -4.25. The van der Waals surface area contributed by atoms with E-state index in [1.807, 2.05) is 0 Å². The number of rotatable bonds is 4. The van der Waals surface area contributed by atoms with Crippen molar-refractivity contribution >= 4 is 23.5 Å². The second kappa shape index (κ2) is 8.56. The Morgan fingerprint density at radius 3 is 1.31 bits per heavy atom. The molecule has 0 unspecified atom stereocenters. The Bertz CT molecular complexity index is 887. The van der Waals surface area contributed by atoms with Crippen LogP contribution in [0.15, 0.2) is 17.2 Å². The van der Waals surface area contributed by atoms with Gasteiger partial charge in [0.05, 0.1) is 16.9 Å². The molecule has 7 heteroatoms. The van der Waals surface area contributed by atoms with Crippen molar-refractivity contribution in [2.75, 3.05) is 38.0 Å². The fraction of sp³-hybridized carbons (Fsp3) is 0.211. The maximum Gasteiger partial charge on any atom is 0.130 e. The van der Waals surface area contributed by atoms with Gasteiger partial charge in [0.15, 0.2) is 0 Å². The minimum absolute atomic E-state index is 0.120. The number of allylic oxidation sites excluding steroid dienone is 2. The predicted octanol–water partition coefficient (Wildman–Crippen LogP) is 2.55. The molecule has 0 aromatic heterocycles. The first-order valence-electron chi connectivity index (χ1n) is 7.34. The molecule has 0 spiro atoms. The van der Waals surface area contributed by atoms with E-state index in [-0.39, 0.29) is 11.1 Å². The van der Waals surface area contributed by atoms with Gasteiger partial charge in [-0.25, -0.2) is 0 Å². The summed E-state index contributed by atoms with van der Waals surface area (Å²) in [7, 11) is 6.99. The smallest absolute Gasteiger partial charge is 0.130 e. The summed E-state index contributed by atoms with van der Waals surface area (Å²) < 4.78 is 0. The van der Waals surface area contributed by atoms with Crippen LogP contribution < -0.4 is 9.80 Å². The molecule has 1 aromatic rings. The predicted molar refractivity (Wildman–Crippen MR) is 98.2 cm³/mol. The van der Waals surface area contributed by atoms with Gasteiger partial charge in [-0.05, 0) is 18.2 Å². The van der Waals surface area contributed by atoms with Crippen LogP contribution in [0.5, 0.6) is 0 Å². The number of benzene rings is 1. The number of nitrogens with zero attached hydrogens (tertiary/aromatic N) is 7. The molecule has 0 aliphatic rings. The van der Waals surface area contributed by atoms with Crippen LogP contribution in [0.2, 0.25) is 0 Å². The lowest BCUT2D eigenvalue weighted by Gasteiger charge is -2.25. The molecule has 1 rings (SSSR count). The topological polar surface area (TPSA) is 125 Å². The molecule has 126 valence electrons. The van der Waals surface area contributed by atoms with Gasteiger partial charge in [0.1, 0.15) is 41.5 Å². The molecular formula is C19H15N7. The molecule has 0 radical (unpaired) electrons. The SMILES string of the molecule is CN(C)c1c(C=C(C#N)C#N)cc(C=C(C#N)C#N)c(N(C)C)c1C#N. The lowest BCUT2D eigenvalue weighted by Crippen LogP contribution is -2.18. The van der Waals surface area contributed by atoms with E-state index in [0.29, 0.717) is 28.1 Å². The third-order valence-corrected chi connectivity index (χ3v) is 3.42. The third kappa shape index (κ3) is 3.98. The summed E-state index contributed by atoms with van der Waals surface area (Å²) in [5, 5.41) is 45.9. The lowest BCUT2D eigenvalue weighted by molar-refractivity contribution is 1.09. The van der Waals surface area contributed by atoms with E-state index in [9.17, 15) is 5.26 Å². The van der Waals surface area contributed by atoms with E-state index >= 15 is 0 Å². The van der Waals surface area contributed by atoms with Crippen molar-refractivity contribution in [2.24, 2.45) is 0 Å². The summed E-state index contributed by atoms with van der Waals surface area (Å²) >= 11 is 0. The minimum Gasteiger partial charge on any atom is -0.376 e. The van der Waals surface area contributed by atoms with Crippen LogP contribution in [-0.4, -0.2) is 28.2 Å². The van der Waals surface area contributed by atoms with Gasteiger partial charge in [-0.2, -0.15) is 26.3 Å². The van der Waals surface area contributed by atoms with Gasteiger partial charge < -0.3 is 9.80 Å². The minimum atomic E-state index is -0.120. The summed E-state index contributed by atoms with van der Waals surface area (Å²) in [5.41, 5.74) is 2.08. The first kappa shape index (κ1) is 19.8. The molecule has 0 fully saturated rings. The van der Waals surface area contributed by atoms with Crippen molar-refractivity contribution in [3.05, 3.63) is 33.9 Å². The highest BCUT2D eigenvalue weighted by molar-refractivity contribution is 5.89. The van der Waals surface area contributed by atoms with Crippen LogP contribution in [-0.2, 0) is 0 Å². The highest BCUT2D eigenvalue weighted by Crippen LogP contribution is 2.37. The van der Waals surface area contributed by atoms with Crippen LogP contribution in [0, 0.1) is 56.7 Å². The Balaban J connectivity index is 4.11. The van der Waals surface area contributed by atoms with Crippen molar-refractivity contribution < 1.29 is 0 Å². The molecule has 0 atom stereocenters. The van der Waals surface area contributed by atoms with Crippen molar-refractivity contribution in [2.45, 2.75) is 0 Å². The van der Waals surface area contributed by atoms with Gasteiger partial charge in [-0.3, -0.25) is 0 Å². The fourth-order valence-electron chi connectivity index (χ4n) is 2.48. The molecule has 0 saturated heterocycles. The van der Waals surface area contributed by atoms with Gasteiger partial charge in [0.2, 0.25) is 0 Å². The number of hydrogen-bond donors (Lipinski definition) is 0. The average Bonchev–Trinajstić information content (AvgIpc) is 2.62. The summed E-state index contributed by atoms with van der Waals surface area (Å²) in [6, 6.07) is 11.0. The lowest BCUT2D eigenvalue weighted by atomic mass is 9.96. The zero-order chi connectivity index (χ0) is 19.9. The zero-order valence-electron chi connectivity index (χ0n) is 14.9. The van der Waals surface area contributed by atoms with Gasteiger partial charge in [0.25, 0.3) is 0 Å². The molecule has 1 aromatic carbocycles. The molecule has 0 saturated carbocycles. The maximum atomic E-state index is 9.74. The summed E-state index contributed by atoms with van der Waals surface area (Å²) in [6.45, 7) is 0. The van der Waals surface area contributed by atoms with E-state index in [1.54, 1.807) is 68.3 Å². The molecule has 0 amide bonds. The quantitative estimate of drug-likeness (QED) is 0.770. The Kier molecular flexibility index (Phi) is 6.52. The van der Waals surface area contributed by atoms with E-state index in [1.165, 1.54) is 12.2 Å². The van der Waals surface area contributed by atoms with Crippen LogP contribution in [0.25, 0.3) is 12.2 Å². The molecule has 0 N–H and O–H groups in total. The Labute approximate surface area is 152 Å². The molecule has 0 heterocycles. The number of anilines is 2. The Morgan fingerprint density at radius 1 is 0.731 bits per heavy atom. The van der Waals surface area contributed by atoms with E-state index in [0.717, 1.165) is 0 Å². The zero-order valence-corrected chi connectivity index (χ0v) is 14.9. The van der Waals surface area contributed by atoms with Gasteiger partial charge in [0, 0.05) is 39.3 Å². The largest absolute Gasteiger partial charge is 0.376 e. The van der Waals surface area contributed by atoms with Gasteiger partial charge in [-0.15, -0.1) is 0 Å². The first-order valence-corrected chi connectivity index (χ1v) is 7.34. The summed E-state index contributed by atoms with van der Waals surface area (Å²) in [4.78, 5) is 3.43. The van der Waals surface area contributed by atoms with Gasteiger partial charge >= 0.3 is 0 Å². The first-order chi connectivity index (χ1) is 12.3. The van der Waals surface area contributed by atoms with Crippen molar-refractivity contribution in [3.8, 4) is 30.3 Å². The normalized spacial score (nSPS) is 8.58. The second-order valence-electron chi connectivity index (χ2n) is 5.59. The monoisotopic (exact) mass is 341 g/mol. The van der Waals surface area contributed by atoms with E-state index < -0.39 is 0 Å². The van der Waals surface area contributed by atoms with Crippen molar-refractivity contribution in [1.82, 2.24) is 0 Å². The average molecular weight is 341 g/mol. The molecule has 0 aliphatic carbocycles. The van der Waals surface area contributed by atoms with Crippen molar-refractivity contribution in [1.29, 1.82) is 26.3 Å². The van der Waals surface area contributed by atoms with Crippen LogP contribution in [0.4, 0.5) is 11.4 Å². The molecule has 7 nitrogen and oxygen atoms in total. The van der Waals surface area contributed by atoms with E-state index in [2.05, 4.69) is 6.07 Å². The van der Waals surface area contributed by atoms with Crippen molar-refractivity contribution in [3.63, 3.8) is 0 Å². The Morgan fingerprint density at radius 2 is 1.08 bits per heavy atom. The fourth-order valence-corrected chi connectivity index (χ4v) is 2.48. The van der Waals surface area contributed by atoms with Crippen LogP contribution in [0.3, 0.4) is 0 Å². The molecule has 0 bridgehead atoms. The van der Waals surface area contributed by atoms with E-state index in [4.69, 9.17) is 21.0 Å². The number of nitriles is 5. The van der Waals surface area contributed by atoms with Crippen LogP contribution >= 0.6 is 0 Å². The third-order valence-electron chi connectivity index (χ3n) is 3.42. The highest BCUT2D eigenvalue weighted by Gasteiger charge is 2.20. The highest BCUT2D eigenvalue weighted by atomic mass is 15.1. The van der Waals surface area contributed by atoms with Gasteiger partial charge in [-0.1, -0.05) is 0 Å². The molecule has 26 heavy (non-hydrogen) atoms. The molecule has 0 aliphatic heterocycles. The maximum absolute atomic E-state index is 9.74. The summed E-state index contributed by atoms with van der Waals surface area (Å²) in [6.07, 6.45) is 2.76. The molecular weight excluding hydrogens is 326 g/mol. The number of hydrogen-bond acceptors (Lipinski definition) is 7.